The van der Waals surface area contributed by atoms with Gasteiger partial charge in [-0.25, -0.2) is 4.98 Å². The number of non-ortho nitro benzene ring substituents is 1. The highest BCUT2D eigenvalue weighted by atomic mass is 35.5. The van der Waals surface area contributed by atoms with E-state index in [9.17, 15) is 25.2 Å². The van der Waals surface area contributed by atoms with Crippen molar-refractivity contribution in [1.82, 2.24) is 9.97 Å². The molecule has 3 aromatic rings. The first-order valence-corrected chi connectivity index (χ1v) is 7.63. The highest BCUT2D eigenvalue weighted by Gasteiger charge is 2.24. The molecule has 10 heteroatoms. The number of nitrogens with one attached hydrogen (secondary N) is 1. The van der Waals surface area contributed by atoms with Crippen LogP contribution in [0.25, 0.3) is 11.0 Å². The largest absolute Gasteiger partial charge is 0.410 e. The number of H-pyrrole nitrogens is 1. The molecule has 0 saturated heterocycles. The predicted molar refractivity (Wildman–Crippen MR) is 93.8 cm³/mol. The number of aromatic nitrogens is 2. The third-order valence-electron chi connectivity index (χ3n) is 3.66. The fraction of sp³-hybridized carbons (Fsp3) is 0.0625. The minimum atomic E-state index is -1.60. The smallest absolute Gasteiger partial charge is 0.276 e. The maximum Gasteiger partial charge on any atom is 0.276 e. The van der Waals surface area contributed by atoms with Gasteiger partial charge in [0.1, 0.15) is 11.8 Å². The Balaban J connectivity index is 2.09. The lowest BCUT2D eigenvalue weighted by Crippen LogP contribution is -2.25. The van der Waals surface area contributed by atoms with Crippen LogP contribution in [0.4, 0.5) is 5.69 Å². The fourth-order valence-corrected chi connectivity index (χ4v) is 2.60. The van der Waals surface area contributed by atoms with Gasteiger partial charge >= 0.3 is 0 Å². The summed E-state index contributed by atoms with van der Waals surface area (Å²) in [5, 5.41) is 34.0. The van der Waals surface area contributed by atoms with Gasteiger partial charge in [0.25, 0.3) is 11.2 Å². The minimum Gasteiger partial charge on any atom is -0.410 e. The van der Waals surface area contributed by atoms with Crippen LogP contribution >= 0.6 is 11.6 Å². The van der Waals surface area contributed by atoms with Crippen molar-refractivity contribution in [2.45, 2.75) is 6.10 Å². The van der Waals surface area contributed by atoms with Gasteiger partial charge in [-0.2, -0.15) is 0 Å². The Morgan fingerprint density at radius 1 is 1.31 bits per heavy atom. The summed E-state index contributed by atoms with van der Waals surface area (Å²) < 4.78 is 0. The molecule has 1 aromatic heterocycles. The number of rotatable bonds is 4. The van der Waals surface area contributed by atoms with Crippen LogP contribution < -0.4 is 5.56 Å². The number of hydrogen-bond acceptors (Lipinski definition) is 7. The van der Waals surface area contributed by atoms with E-state index < -0.39 is 22.3 Å². The molecule has 3 N–H and O–H groups in total. The monoisotopic (exact) mass is 374 g/mol. The molecule has 0 aliphatic carbocycles. The highest BCUT2D eigenvalue weighted by Crippen LogP contribution is 2.22. The first kappa shape index (κ1) is 17.5. The van der Waals surface area contributed by atoms with Crippen LogP contribution in [-0.2, 0) is 0 Å². The summed E-state index contributed by atoms with van der Waals surface area (Å²) in [5.41, 5.74) is -0.926. The van der Waals surface area contributed by atoms with Crippen LogP contribution in [0.2, 0.25) is 5.02 Å². The maximum atomic E-state index is 12.3. The number of aromatic amines is 1. The van der Waals surface area contributed by atoms with Crippen molar-refractivity contribution in [3.05, 3.63) is 79.2 Å². The molecular formula is C16H11ClN4O5. The van der Waals surface area contributed by atoms with Gasteiger partial charge < -0.3 is 15.3 Å². The number of hydrogen-bond donors (Lipinski definition) is 3. The number of aliphatic hydroxyl groups excluding tert-OH is 1. The van der Waals surface area contributed by atoms with Gasteiger partial charge in [-0.15, -0.1) is 0 Å². The Labute approximate surface area is 150 Å². The van der Waals surface area contributed by atoms with Gasteiger partial charge in [0.2, 0.25) is 0 Å². The molecule has 0 aliphatic heterocycles. The molecule has 0 amide bonds. The molecule has 0 saturated carbocycles. The van der Waals surface area contributed by atoms with Crippen molar-refractivity contribution in [1.29, 1.82) is 0 Å². The molecule has 0 bridgehead atoms. The van der Waals surface area contributed by atoms with E-state index in [4.69, 9.17) is 11.6 Å². The normalized spacial score (nSPS) is 12.9. The molecule has 0 radical (unpaired) electrons. The van der Waals surface area contributed by atoms with Gasteiger partial charge in [-0.3, -0.25) is 14.9 Å². The van der Waals surface area contributed by atoms with Crippen molar-refractivity contribution in [2.24, 2.45) is 5.16 Å². The van der Waals surface area contributed by atoms with Crippen LogP contribution in [0.1, 0.15) is 17.4 Å². The molecule has 26 heavy (non-hydrogen) atoms. The third-order valence-corrected chi connectivity index (χ3v) is 3.90. The van der Waals surface area contributed by atoms with Crippen molar-refractivity contribution in [2.75, 3.05) is 0 Å². The van der Waals surface area contributed by atoms with E-state index in [1.54, 1.807) is 12.1 Å². The number of nitro groups is 1. The average Bonchev–Trinajstić information content (AvgIpc) is 2.62. The van der Waals surface area contributed by atoms with Crippen LogP contribution in [-0.4, -0.2) is 30.9 Å². The Hall–Kier alpha value is -3.30. The van der Waals surface area contributed by atoms with E-state index in [0.717, 1.165) is 6.07 Å². The van der Waals surface area contributed by atoms with E-state index >= 15 is 0 Å². The first-order chi connectivity index (χ1) is 12.4. The van der Waals surface area contributed by atoms with Gasteiger partial charge in [0, 0.05) is 17.2 Å². The van der Waals surface area contributed by atoms with Gasteiger partial charge in [-0.05, 0) is 23.8 Å². The van der Waals surface area contributed by atoms with Gasteiger partial charge in [-0.1, -0.05) is 28.9 Å². The summed E-state index contributed by atoms with van der Waals surface area (Å²) in [5.74, 6) is 0. The Morgan fingerprint density at radius 3 is 2.77 bits per heavy atom. The number of fused-ring (bicyclic) bond motifs is 1. The molecular weight excluding hydrogens is 364 g/mol. The SMILES string of the molecule is O=c1[nH]c2cc(Cl)ccc2nc1/C(=N\O)[C@H](O)c1cccc([N+](=O)[O-])c1. The average molecular weight is 375 g/mol. The molecule has 1 heterocycles. The summed E-state index contributed by atoms with van der Waals surface area (Å²) in [4.78, 5) is 29.2. The summed E-state index contributed by atoms with van der Waals surface area (Å²) in [6, 6.07) is 9.74. The van der Waals surface area contributed by atoms with Gasteiger partial charge in [0.15, 0.2) is 5.69 Å². The first-order valence-electron chi connectivity index (χ1n) is 7.25. The van der Waals surface area contributed by atoms with Crippen LogP contribution in [0, 0.1) is 10.1 Å². The zero-order valence-electron chi connectivity index (χ0n) is 13.0. The highest BCUT2D eigenvalue weighted by molar-refractivity contribution is 6.31. The summed E-state index contributed by atoms with van der Waals surface area (Å²) >= 11 is 5.86. The molecule has 1 atom stereocenters. The van der Waals surface area contributed by atoms with Gasteiger partial charge in [0.05, 0.1) is 16.0 Å². The minimum absolute atomic E-state index is 0.0735. The van der Waals surface area contributed by atoms with E-state index in [0.29, 0.717) is 16.1 Å². The number of aliphatic hydroxyl groups is 1. The topological polar surface area (TPSA) is 142 Å². The Morgan fingerprint density at radius 2 is 2.08 bits per heavy atom. The van der Waals surface area contributed by atoms with E-state index in [1.165, 1.54) is 24.3 Å². The lowest BCUT2D eigenvalue weighted by atomic mass is 10.0. The van der Waals surface area contributed by atoms with Crippen molar-refractivity contribution in [3.63, 3.8) is 0 Å². The molecule has 0 aliphatic rings. The lowest BCUT2D eigenvalue weighted by Gasteiger charge is -2.12. The summed E-state index contributed by atoms with van der Waals surface area (Å²) in [6.07, 6.45) is -1.60. The Bertz CT molecular complexity index is 1100. The van der Waals surface area contributed by atoms with E-state index in [2.05, 4.69) is 15.1 Å². The molecule has 2 aromatic carbocycles. The maximum absolute atomic E-state index is 12.3. The molecule has 0 unspecified atom stereocenters. The summed E-state index contributed by atoms with van der Waals surface area (Å²) in [7, 11) is 0. The standard InChI is InChI=1S/C16H11ClN4O5/c17-9-4-5-11-12(7-9)19-16(23)14(18-11)13(20-24)15(22)8-2-1-3-10(6-8)21(25)26/h1-7,15,22,24H,(H,19,23)/b20-13+/t15-/m1/s1. The van der Waals surface area contributed by atoms with Crippen LogP contribution in [0.3, 0.4) is 0 Å². The number of benzene rings is 2. The molecule has 0 fully saturated rings. The second-order valence-corrected chi connectivity index (χ2v) is 5.75. The third kappa shape index (κ3) is 3.25. The zero-order valence-corrected chi connectivity index (χ0v) is 13.7. The lowest BCUT2D eigenvalue weighted by molar-refractivity contribution is -0.385. The van der Waals surface area contributed by atoms with E-state index in [-0.39, 0.29) is 16.9 Å². The number of oxime groups is 1. The molecule has 0 spiro atoms. The number of nitrogens with zero attached hydrogens (tertiary/aromatic N) is 3. The fourth-order valence-electron chi connectivity index (χ4n) is 2.43. The van der Waals surface area contributed by atoms with Crippen LogP contribution in [0.15, 0.2) is 52.4 Å². The van der Waals surface area contributed by atoms with Crippen LogP contribution in [0.5, 0.6) is 0 Å². The number of nitro benzene ring substituents is 1. The quantitative estimate of drug-likeness (QED) is 0.277. The molecule has 9 nitrogen and oxygen atoms in total. The van der Waals surface area contributed by atoms with Crippen molar-refractivity contribution < 1.29 is 15.2 Å². The zero-order chi connectivity index (χ0) is 18.8. The predicted octanol–water partition coefficient (Wildman–Crippen LogP) is 2.40. The summed E-state index contributed by atoms with van der Waals surface area (Å²) in [6.45, 7) is 0. The van der Waals surface area contributed by atoms with Crippen molar-refractivity contribution in [3.8, 4) is 0 Å². The molecule has 3 rings (SSSR count). The second kappa shape index (κ2) is 6.90. The van der Waals surface area contributed by atoms with E-state index in [1.807, 2.05) is 0 Å². The molecule has 132 valence electrons. The second-order valence-electron chi connectivity index (χ2n) is 5.32. The van der Waals surface area contributed by atoms with Crippen molar-refractivity contribution >= 4 is 34.0 Å². The Kier molecular flexibility index (Phi) is 4.65. The number of halogens is 1.